The smallest absolute Gasteiger partial charge is 0.273 e. The van der Waals surface area contributed by atoms with E-state index in [1.54, 1.807) is 0 Å². The molecule has 0 spiro atoms. The van der Waals surface area contributed by atoms with Crippen molar-refractivity contribution >= 4 is 25.4 Å². The van der Waals surface area contributed by atoms with Crippen molar-refractivity contribution in [3.63, 3.8) is 0 Å². The van der Waals surface area contributed by atoms with Crippen LogP contribution in [-0.2, 0) is 31.2 Å². The van der Waals surface area contributed by atoms with Gasteiger partial charge in [-0.3, -0.25) is 10.1 Å². The van der Waals surface area contributed by atoms with Crippen LogP contribution in [0.25, 0.3) is 0 Å². The highest BCUT2D eigenvalue weighted by Crippen LogP contribution is 2.23. The van der Waals surface area contributed by atoms with Gasteiger partial charge in [0.25, 0.3) is 5.69 Å². The number of hydrogen-bond donors (Lipinski definition) is 2. The van der Waals surface area contributed by atoms with Crippen molar-refractivity contribution in [2.75, 3.05) is 24.7 Å². The Morgan fingerprint density at radius 1 is 0.957 bits per heavy atom. The Balaban J connectivity index is 3.21. The Labute approximate surface area is 133 Å². The van der Waals surface area contributed by atoms with Crippen LogP contribution in [0.2, 0.25) is 0 Å². The van der Waals surface area contributed by atoms with Crippen molar-refractivity contribution in [1.82, 2.24) is 0 Å². The average Bonchev–Trinajstić information content (AvgIpc) is 2.36. The van der Waals surface area contributed by atoms with E-state index < -0.39 is 66.5 Å². The van der Waals surface area contributed by atoms with E-state index in [4.69, 9.17) is 10.2 Å². The molecule has 0 bridgehead atoms. The minimum Gasteiger partial charge on any atom is -0.395 e. The van der Waals surface area contributed by atoms with Crippen LogP contribution in [-0.4, -0.2) is 56.7 Å². The largest absolute Gasteiger partial charge is 0.395 e. The number of rotatable bonds is 9. The van der Waals surface area contributed by atoms with E-state index in [9.17, 15) is 26.9 Å². The normalized spacial score (nSPS) is 12.3. The number of aliphatic hydroxyl groups excluding tert-OH is 2. The number of hydrogen-bond acceptors (Lipinski definition) is 8. The first-order valence-corrected chi connectivity index (χ1v) is 10.1. The van der Waals surface area contributed by atoms with Crippen LogP contribution in [0.4, 0.5) is 5.69 Å². The quantitative estimate of drug-likeness (QED) is 0.434. The molecule has 9 nitrogen and oxygen atoms in total. The molecule has 1 aromatic rings. The summed E-state index contributed by atoms with van der Waals surface area (Å²) >= 11 is 0. The maximum Gasteiger partial charge on any atom is 0.273 e. The van der Waals surface area contributed by atoms with Crippen LogP contribution < -0.4 is 0 Å². The molecule has 0 radical (unpaired) electrons. The van der Waals surface area contributed by atoms with Crippen LogP contribution in [0.5, 0.6) is 0 Å². The van der Waals surface area contributed by atoms with Crippen molar-refractivity contribution in [2.45, 2.75) is 11.5 Å². The van der Waals surface area contributed by atoms with Crippen molar-refractivity contribution < 1.29 is 32.0 Å². The molecule has 0 atom stereocenters. The number of nitrogens with zero attached hydrogens (tertiary/aromatic N) is 1. The van der Waals surface area contributed by atoms with Gasteiger partial charge in [0.2, 0.25) is 0 Å². The molecule has 0 amide bonds. The summed E-state index contributed by atoms with van der Waals surface area (Å²) in [4.78, 5) is 10.2. The van der Waals surface area contributed by atoms with Crippen LogP contribution in [0.3, 0.4) is 0 Å². The van der Waals surface area contributed by atoms with Crippen molar-refractivity contribution in [1.29, 1.82) is 0 Å². The summed E-state index contributed by atoms with van der Waals surface area (Å²) < 4.78 is 46.8. The number of benzene rings is 1. The van der Waals surface area contributed by atoms with Gasteiger partial charge in [0.05, 0.1) is 41.1 Å². The molecule has 1 aromatic carbocycles. The third-order valence-electron chi connectivity index (χ3n) is 2.91. The molecule has 0 aromatic heterocycles. The summed E-state index contributed by atoms with van der Waals surface area (Å²) in [7, 11) is -7.35. The van der Waals surface area contributed by atoms with Crippen LogP contribution in [0, 0.1) is 10.1 Å². The molecule has 0 saturated carbocycles. The van der Waals surface area contributed by atoms with E-state index in [1.807, 2.05) is 0 Å². The summed E-state index contributed by atoms with van der Waals surface area (Å²) in [6, 6.07) is 3.44. The second-order valence-corrected chi connectivity index (χ2v) is 9.22. The molecular formula is C12H17NO8S2. The molecule has 130 valence electrons. The molecule has 0 saturated heterocycles. The first kappa shape index (κ1) is 19.5. The predicted molar refractivity (Wildman–Crippen MR) is 82.2 cm³/mol. The minimum atomic E-state index is -3.76. The Kier molecular flexibility index (Phi) is 6.62. The molecule has 0 aliphatic rings. The van der Waals surface area contributed by atoms with Gasteiger partial charge in [0, 0.05) is 11.6 Å². The Bertz CT molecular complexity index is 770. The Morgan fingerprint density at radius 2 is 1.48 bits per heavy atom. The SMILES string of the molecule is O=[N+]([O-])c1ccc(CS(=O)(=O)CCO)cc1CS(=O)(=O)CCO. The summed E-state index contributed by atoms with van der Waals surface area (Å²) in [5, 5.41) is 28.4. The van der Waals surface area contributed by atoms with Gasteiger partial charge >= 0.3 is 0 Å². The lowest BCUT2D eigenvalue weighted by Crippen LogP contribution is -2.15. The van der Waals surface area contributed by atoms with Gasteiger partial charge in [-0.25, -0.2) is 16.8 Å². The lowest BCUT2D eigenvalue weighted by molar-refractivity contribution is -0.385. The molecular weight excluding hydrogens is 350 g/mol. The van der Waals surface area contributed by atoms with Crippen molar-refractivity contribution in [3.8, 4) is 0 Å². The van der Waals surface area contributed by atoms with E-state index in [0.717, 1.165) is 12.1 Å². The highest BCUT2D eigenvalue weighted by molar-refractivity contribution is 7.90. The zero-order chi connectivity index (χ0) is 17.7. The summed E-state index contributed by atoms with van der Waals surface area (Å²) in [6.07, 6.45) is 0. The second-order valence-electron chi connectivity index (χ2n) is 4.85. The fraction of sp³-hybridized carbons (Fsp3) is 0.500. The van der Waals surface area contributed by atoms with Crippen molar-refractivity contribution in [3.05, 3.63) is 39.4 Å². The van der Waals surface area contributed by atoms with Gasteiger partial charge in [-0.05, 0) is 11.6 Å². The highest BCUT2D eigenvalue weighted by Gasteiger charge is 2.22. The Hall–Kier alpha value is -1.56. The van der Waals surface area contributed by atoms with E-state index in [2.05, 4.69) is 0 Å². The first-order chi connectivity index (χ1) is 10.6. The molecule has 0 heterocycles. The summed E-state index contributed by atoms with van der Waals surface area (Å²) in [5.41, 5.74) is -0.381. The molecule has 2 N–H and O–H groups in total. The fourth-order valence-electron chi connectivity index (χ4n) is 1.94. The van der Waals surface area contributed by atoms with Gasteiger partial charge in [-0.2, -0.15) is 0 Å². The number of nitro benzene ring substituents is 1. The number of aliphatic hydroxyl groups is 2. The van der Waals surface area contributed by atoms with E-state index >= 15 is 0 Å². The van der Waals surface area contributed by atoms with Crippen LogP contribution >= 0.6 is 0 Å². The van der Waals surface area contributed by atoms with Gasteiger partial charge in [0.15, 0.2) is 19.7 Å². The predicted octanol–water partition coefficient (Wildman–Crippen LogP) is -0.591. The maximum absolute atomic E-state index is 11.7. The lowest BCUT2D eigenvalue weighted by atomic mass is 10.1. The summed E-state index contributed by atoms with van der Waals surface area (Å²) in [6.45, 7) is -1.16. The topological polar surface area (TPSA) is 152 Å². The maximum atomic E-state index is 11.7. The highest BCUT2D eigenvalue weighted by atomic mass is 32.2. The zero-order valence-corrected chi connectivity index (χ0v) is 13.7. The number of sulfone groups is 2. The second kappa shape index (κ2) is 7.81. The van der Waals surface area contributed by atoms with Gasteiger partial charge in [0.1, 0.15) is 0 Å². The van der Waals surface area contributed by atoms with Crippen LogP contribution in [0.15, 0.2) is 18.2 Å². The molecule has 0 unspecified atom stereocenters. The van der Waals surface area contributed by atoms with E-state index in [0.29, 0.717) is 0 Å². The molecule has 1 rings (SSSR count). The lowest BCUT2D eigenvalue weighted by Gasteiger charge is -2.08. The molecule has 23 heavy (non-hydrogen) atoms. The zero-order valence-electron chi connectivity index (χ0n) is 12.1. The minimum absolute atomic E-state index is 0.139. The monoisotopic (exact) mass is 367 g/mol. The third-order valence-corrected chi connectivity index (χ3v) is 6.04. The molecule has 0 aliphatic heterocycles. The van der Waals surface area contributed by atoms with Crippen molar-refractivity contribution in [2.24, 2.45) is 0 Å². The average molecular weight is 367 g/mol. The first-order valence-electron chi connectivity index (χ1n) is 6.49. The summed E-state index contributed by atoms with van der Waals surface area (Å²) in [5.74, 6) is -2.13. The molecule has 0 fully saturated rings. The molecule has 0 aliphatic carbocycles. The van der Waals surface area contributed by atoms with E-state index in [-0.39, 0.29) is 11.1 Å². The fourth-order valence-corrected chi connectivity index (χ4v) is 4.17. The van der Waals surface area contributed by atoms with Gasteiger partial charge < -0.3 is 10.2 Å². The standard InChI is InChI=1S/C12H17NO8S2/c14-3-5-22(18,19)8-10-1-2-12(13(16)17)11(7-10)9-23(20,21)6-4-15/h1-2,7,14-15H,3-6,8-9H2. The van der Waals surface area contributed by atoms with E-state index in [1.165, 1.54) is 6.07 Å². The Morgan fingerprint density at radius 3 is 1.96 bits per heavy atom. The number of nitro groups is 1. The third kappa shape index (κ3) is 6.22. The van der Waals surface area contributed by atoms with Gasteiger partial charge in [-0.15, -0.1) is 0 Å². The van der Waals surface area contributed by atoms with Crippen LogP contribution in [0.1, 0.15) is 11.1 Å². The molecule has 11 heteroatoms. The van der Waals surface area contributed by atoms with Gasteiger partial charge in [-0.1, -0.05) is 6.07 Å².